The number of pyridine rings is 1. The van der Waals surface area contributed by atoms with E-state index in [1.54, 1.807) is 6.92 Å². The van der Waals surface area contributed by atoms with Crippen LogP contribution in [0.25, 0.3) is 0 Å². The first-order valence-corrected chi connectivity index (χ1v) is 9.38. The number of halogens is 2. The van der Waals surface area contributed by atoms with Gasteiger partial charge in [0.1, 0.15) is 0 Å². The van der Waals surface area contributed by atoms with Crippen molar-refractivity contribution in [3.8, 4) is 11.5 Å². The van der Waals surface area contributed by atoms with Crippen LogP contribution in [0.5, 0.6) is 11.5 Å². The first-order chi connectivity index (χ1) is 14.1. The van der Waals surface area contributed by atoms with Gasteiger partial charge in [-0.2, -0.15) is 0 Å². The Labute approximate surface area is 173 Å². The lowest BCUT2D eigenvalue weighted by molar-refractivity contribution is -0.151. The molecule has 0 bridgehead atoms. The molecular weight excluding hydrogens is 406 g/mol. The van der Waals surface area contributed by atoms with Crippen molar-refractivity contribution in [3.63, 3.8) is 0 Å². The number of aliphatic hydroxyl groups excluding tert-OH is 1. The zero-order valence-corrected chi connectivity index (χ0v) is 17.2. The van der Waals surface area contributed by atoms with Crippen LogP contribution in [0.1, 0.15) is 43.6 Å². The van der Waals surface area contributed by atoms with Crippen molar-refractivity contribution in [3.05, 3.63) is 18.0 Å². The number of carbonyl (C=O) groups is 2. The second kappa shape index (κ2) is 12.2. The van der Waals surface area contributed by atoms with E-state index in [1.165, 1.54) is 19.4 Å². The first-order valence-electron chi connectivity index (χ1n) is 9.38. The van der Waals surface area contributed by atoms with Crippen molar-refractivity contribution >= 4 is 11.9 Å². The summed E-state index contributed by atoms with van der Waals surface area (Å²) in [5, 5.41) is 20.3. The summed E-state index contributed by atoms with van der Waals surface area (Å²) in [5.41, 5.74) is -0.231. The van der Waals surface area contributed by atoms with Gasteiger partial charge in [-0.3, -0.25) is 4.79 Å². The highest BCUT2D eigenvalue weighted by molar-refractivity contribution is 5.98. The molecule has 2 heterocycles. The quantitative estimate of drug-likeness (QED) is 0.597. The van der Waals surface area contributed by atoms with Gasteiger partial charge in [0.05, 0.1) is 19.8 Å². The van der Waals surface area contributed by atoms with Gasteiger partial charge in [0, 0.05) is 31.9 Å². The minimum Gasteiger partial charge on any atom is -0.503 e. The van der Waals surface area contributed by atoms with E-state index < -0.39 is 42.6 Å². The summed E-state index contributed by atoms with van der Waals surface area (Å²) in [6.45, 7) is 2.61. The fraction of sp³-hybridized carbons (Fsp3) is 0.632. The number of aromatic hydroxyl groups is 1. The maximum atomic E-state index is 12.3. The number of rotatable bonds is 5. The smallest absolute Gasteiger partial charge is 0.331 e. The van der Waals surface area contributed by atoms with Crippen LogP contribution in [-0.4, -0.2) is 72.1 Å². The molecular formula is C19H28F2N2O7. The molecule has 3 N–H and O–H groups in total. The zero-order valence-electron chi connectivity index (χ0n) is 17.2. The number of alkyl halides is 2. The van der Waals surface area contributed by atoms with Gasteiger partial charge >= 0.3 is 5.97 Å². The molecule has 0 aliphatic carbocycles. The summed E-state index contributed by atoms with van der Waals surface area (Å²) in [7, 11) is 1.36. The molecule has 1 aromatic rings. The van der Waals surface area contributed by atoms with Gasteiger partial charge in [-0.25, -0.2) is 18.6 Å². The van der Waals surface area contributed by atoms with Crippen molar-refractivity contribution in [1.82, 2.24) is 10.3 Å². The molecule has 1 amide bonds. The number of esters is 1. The van der Waals surface area contributed by atoms with Crippen LogP contribution in [0.3, 0.4) is 0 Å². The molecule has 2 rings (SSSR count). The topological polar surface area (TPSA) is 127 Å². The average molecular weight is 434 g/mol. The fourth-order valence-electron chi connectivity index (χ4n) is 2.37. The van der Waals surface area contributed by atoms with E-state index in [0.29, 0.717) is 13.0 Å². The second-order valence-electron chi connectivity index (χ2n) is 6.74. The van der Waals surface area contributed by atoms with Gasteiger partial charge in [-0.15, -0.1) is 0 Å². The summed E-state index contributed by atoms with van der Waals surface area (Å²) in [6, 6.07) is 0.459. The highest BCUT2D eigenvalue weighted by Crippen LogP contribution is 2.27. The zero-order chi connectivity index (χ0) is 22.7. The Morgan fingerprint density at radius 2 is 2.17 bits per heavy atom. The lowest BCUT2D eigenvalue weighted by Crippen LogP contribution is -2.45. The Hall–Kier alpha value is -2.53. The highest BCUT2D eigenvalue weighted by atomic mass is 19.3. The van der Waals surface area contributed by atoms with E-state index in [2.05, 4.69) is 10.3 Å². The molecule has 0 saturated carbocycles. The molecule has 1 aromatic heterocycles. The van der Waals surface area contributed by atoms with Gasteiger partial charge in [0.15, 0.2) is 23.2 Å². The number of aliphatic hydroxyl groups is 1. The molecule has 1 aliphatic heterocycles. The monoisotopic (exact) mass is 434 g/mol. The van der Waals surface area contributed by atoms with E-state index in [1.807, 2.05) is 0 Å². The SMILES string of the molecule is CC(F)(F)CCO.COc1ccnc(C(=O)N[C@H]2COCCCC(C)OC2=O)c1O. The Bertz CT molecular complexity index is 698. The third-order valence-electron chi connectivity index (χ3n) is 3.96. The first kappa shape index (κ1) is 25.5. The number of methoxy groups -OCH3 is 1. The van der Waals surface area contributed by atoms with Crippen LogP contribution < -0.4 is 10.1 Å². The van der Waals surface area contributed by atoms with Gasteiger partial charge in [-0.1, -0.05) is 0 Å². The Morgan fingerprint density at radius 1 is 1.47 bits per heavy atom. The number of carbonyl (C=O) groups excluding carboxylic acids is 2. The van der Waals surface area contributed by atoms with E-state index >= 15 is 0 Å². The van der Waals surface area contributed by atoms with Crippen LogP contribution >= 0.6 is 0 Å². The highest BCUT2D eigenvalue weighted by Gasteiger charge is 2.28. The number of nitrogens with one attached hydrogen (secondary N) is 1. The minimum absolute atomic E-state index is 0.00201. The van der Waals surface area contributed by atoms with Gasteiger partial charge in [0.25, 0.3) is 5.91 Å². The molecule has 1 unspecified atom stereocenters. The van der Waals surface area contributed by atoms with E-state index in [9.17, 15) is 23.5 Å². The van der Waals surface area contributed by atoms with Crippen LogP contribution in [0.4, 0.5) is 8.78 Å². The van der Waals surface area contributed by atoms with Gasteiger partial charge in [-0.05, 0) is 26.7 Å². The van der Waals surface area contributed by atoms with Crippen molar-refractivity contribution in [2.45, 2.75) is 51.2 Å². The van der Waals surface area contributed by atoms with Gasteiger partial charge in [0.2, 0.25) is 5.92 Å². The Balaban J connectivity index is 0.000000553. The summed E-state index contributed by atoms with van der Waals surface area (Å²) >= 11 is 0. The Kier molecular flexibility index (Phi) is 10.4. The van der Waals surface area contributed by atoms with Crippen molar-refractivity contribution in [1.29, 1.82) is 0 Å². The van der Waals surface area contributed by atoms with E-state index in [-0.39, 0.29) is 24.2 Å². The molecule has 1 fully saturated rings. The summed E-state index contributed by atoms with van der Waals surface area (Å²) in [6.07, 6.45) is 2.12. The van der Waals surface area contributed by atoms with Crippen LogP contribution in [0.15, 0.2) is 12.3 Å². The number of cyclic esters (lactones) is 1. The van der Waals surface area contributed by atoms with Crippen LogP contribution in [0, 0.1) is 0 Å². The number of ether oxygens (including phenoxy) is 3. The van der Waals surface area contributed by atoms with Gasteiger partial charge < -0.3 is 29.7 Å². The lowest BCUT2D eigenvalue weighted by Gasteiger charge is -2.18. The molecule has 170 valence electrons. The molecule has 1 aliphatic rings. The standard InChI is InChI=1S/C15H20N2O6.C4H8F2O/c1-9-4-3-7-22-8-10(15(20)23-9)17-14(19)12-13(18)11(21-2)5-6-16-12;1-4(5,6)2-3-7/h5-6,9-10,18H,3-4,7-8H2,1-2H3,(H,17,19);7H,2-3H2,1H3/t9?,10-;/m0./s1. The largest absolute Gasteiger partial charge is 0.503 e. The maximum Gasteiger partial charge on any atom is 0.331 e. The molecule has 0 spiro atoms. The van der Waals surface area contributed by atoms with Crippen LogP contribution in [-0.2, 0) is 14.3 Å². The number of hydrogen-bond acceptors (Lipinski definition) is 8. The van der Waals surface area contributed by atoms with Crippen LogP contribution in [0.2, 0.25) is 0 Å². The molecule has 11 heteroatoms. The number of amides is 1. The third kappa shape index (κ3) is 8.87. The maximum absolute atomic E-state index is 12.3. The third-order valence-corrected chi connectivity index (χ3v) is 3.96. The van der Waals surface area contributed by atoms with Crippen molar-refractivity contribution in [2.24, 2.45) is 0 Å². The predicted molar refractivity (Wildman–Crippen MR) is 102 cm³/mol. The molecule has 2 atom stereocenters. The lowest BCUT2D eigenvalue weighted by atomic mass is 10.2. The molecule has 9 nitrogen and oxygen atoms in total. The minimum atomic E-state index is -2.70. The number of aromatic nitrogens is 1. The van der Waals surface area contributed by atoms with Crippen molar-refractivity contribution < 1.29 is 42.8 Å². The summed E-state index contributed by atoms with van der Waals surface area (Å²) in [4.78, 5) is 28.2. The second-order valence-corrected chi connectivity index (χ2v) is 6.74. The van der Waals surface area contributed by atoms with E-state index in [4.69, 9.17) is 19.3 Å². The number of hydrogen-bond donors (Lipinski definition) is 3. The molecule has 0 radical (unpaired) electrons. The molecule has 1 saturated heterocycles. The normalized spacial score (nSPS) is 19.9. The molecule has 30 heavy (non-hydrogen) atoms. The van der Waals surface area contributed by atoms with E-state index in [0.717, 1.165) is 13.3 Å². The molecule has 0 aromatic carbocycles. The van der Waals surface area contributed by atoms with Crippen molar-refractivity contribution in [2.75, 3.05) is 26.9 Å². The average Bonchev–Trinajstić information content (AvgIpc) is 2.72. The fourth-order valence-corrected chi connectivity index (χ4v) is 2.37. The summed E-state index contributed by atoms with van der Waals surface area (Å²) < 4.78 is 38.7. The summed E-state index contributed by atoms with van der Waals surface area (Å²) in [5.74, 6) is -4.26. The predicted octanol–water partition coefficient (Wildman–Crippen LogP) is 1.66. The number of nitrogens with zero attached hydrogens (tertiary/aromatic N) is 1. The Morgan fingerprint density at radius 3 is 2.73 bits per heavy atom.